The molecule has 9 heavy (non-hydrogen) atoms. The Morgan fingerprint density at radius 2 is 2.11 bits per heavy atom. The van der Waals surface area contributed by atoms with E-state index in [0.29, 0.717) is 0 Å². The van der Waals surface area contributed by atoms with Gasteiger partial charge in [0, 0.05) is 29.4 Å². The third kappa shape index (κ3) is 3.09. The predicted octanol–water partition coefficient (Wildman–Crippen LogP) is 2.07. The molecule has 1 N–H and O–H groups in total. The van der Waals surface area contributed by atoms with Crippen LogP contribution in [0.3, 0.4) is 0 Å². The summed E-state index contributed by atoms with van der Waals surface area (Å²) < 4.78 is 3.20. The monoisotopic (exact) mass is 257 g/mol. The van der Waals surface area contributed by atoms with E-state index >= 15 is 0 Å². The Balaban J connectivity index is 2.08. The molecule has 3 heteroatoms. The number of hydrogen-bond acceptors (Lipinski definition) is 2. The van der Waals surface area contributed by atoms with Crippen LogP contribution in [-0.4, -0.2) is 18.1 Å². The molecule has 1 aliphatic rings. The van der Waals surface area contributed by atoms with E-state index in [1.54, 1.807) is 0 Å². The van der Waals surface area contributed by atoms with Crippen molar-refractivity contribution in [2.75, 3.05) is 18.1 Å². The van der Waals surface area contributed by atoms with E-state index in [1.165, 1.54) is 30.9 Å². The minimum absolute atomic E-state index is 0.961. The van der Waals surface area contributed by atoms with Crippen LogP contribution in [0.1, 0.15) is 12.8 Å². The Hall–Kier alpha value is 1.04. The third-order valence-corrected chi connectivity index (χ3v) is 3.20. The van der Waals surface area contributed by atoms with Crippen molar-refractivity contribution in [1.82, 2.24) is 3.53 Å². The average Bonchev–Trinajstić information content (AvgIpc) is 1.91. The van der Waals surface area contributed by atoms with Crippen LogP contribution in [0.4, 0.5) is 0 Å². The Morgan fingerprint density at radius 1 is 1.44 bits per heavy atom. The molecule has 1 heterocycles. The second-order valence-corrected chi connectivity index (χ2v) is 4.38. The Morgan fingerprint density at radius 3 is 2.67 bits per heavy atom. The summed E-state index contributed by atoms with van der Waals surface area (Å²) in [6.45, 7) is 1.21. The maximum absolute atomic E-state index is 3.20. The van der Waals surface area contributed by atoms with Crippen molar-refractivity contribution in [1.29, 1.82) is 0 Å². The van der Waals surface area contributed by atoms with E-state index in [1.807, 2.05) is 0 Å². The van der Waals surface area contributed by atoms with Crippen LogP contribution in [0.15, 0.2) is 0 Å². The zero-order valence-electron chi connectivity index (χ0n) is 5.40. The summed E-state index contributed by atoms with van der Waals surface area (Å²) in [6, 6.07) is 0. The largest absolute Gasteiger partial charge is 0.261 e. The highest BCUT2D eigenvalue weighted by Crippen LogP contribution is 2.21. The van der Waals surface area contributed by atoms with Crippen LogP contribution in [0.25, 0.3) is 0 Å². The topological polar surface area (TPSA) is 12.0 Å². The molecule has 1 rings (SSSR count). The molecule has 0 aromatic rings. The molecule has 0 aromatic heterocycles. The molecule has 1 fully saturated rings. The molecule has 0 atom stereocenters. The van der Waals surface area contributed by atoms with E-state index in [4.69, 9.17) is 0 Å². The SMILES string of the molecule is INCC1CCSCC1. The lowest BCUT2D eigenvalue weighted by atomic mass is 10.0. The van der Waals surface area contributed by atoms with Gasteiger partial charge in [-0.05, 0) is 30.3 Å². The highest BCUT2D eigenvalue weighted by Gasteiger charge is 2.11. The molecule has 0 radical (unpaired) electrons. The molecular formula is C6H12INS. The molecule has 1 aliphatic heterocycles. The molecule has 1 nitrogen and oxygen atoms in total. The molecule has 0 amide bonds. The number of nitrogens with one attached hydrogen (secondary N) is 1. The van der Waals surface area contributed by atoms with Gasteiger partial charge in [0.05, 0.1) is 0 Å². The third-order valence-electron chi connectivity index (χ3n) is 1.71. The summed E-state index contributed by atoms with van der Waals surface area (Å²) in [5.41, 5.74) is 0. The van der Waals surface area contributed by atoms with Crippen molar-refractivity contribution in [3.63, 3.8) is 0 Å². The van der Waals surface area contributed by atoms with Gasteiger partial charge in [0.25, 0.3) is 0 Å². The number of halogens is 1. The first-order valence-electron chi connectivity index (χ1n) is 3.34. The van der Waals surface area contributed by atoms with Crippen LogP contribution < -0.4 is 3.53 Å². The van der Waals surface area contributed by atoms with Crippen LogP contribution in [-0.2, 0) is 0 Å². The van der Waals surface area contributed by atoms with Gasteiger partial charge in [-0.3, -0.25) is 3.53 Å². The van der Waals surface area contributed by atoms with Crippen molar-refractivity contribution < 1.29 is 0 Å². The van der Waals surface area contributed by atoms with Gasteiger partial charge in [-0.15, -0.1) is 0 Å². The maximum atomic E-state index is 3.20. The summed E-state index contributed by atoms with van der Waals surface area (Å²) in [6.07, 6.45) is 2.83. The van der Waals surface area contributed by atoms with Gasteiger partial charge >= 0.3 is 0 Å². The number of hydrogen-bond donors (Lipinski definition) is 1. The molecule has 54 valence electrons. The second-order valence-electron chi connectivity index (χ2n) is 2.39. The zero-order chi connectivity index (χ0) is 6.53. The smallest absolute Gasteiger partial charge is 0.0169 e. The van der Waals surface area contributed by atoms with Gasteiger partial charge in [0.1, 0.15) is 0 Å². The standard InChI is InChI=1S/C6H12INS/c7-8-5-6-1-3-9-4-2-6/h6,8H,1-5H2. The Labute approximate surface area is 74.8 Å². The summed E-state index contributed by atoms with van der Waals surface area (Å²) in [5, 5.41) is 0. The lowest BCUT2D eigenvalue weighted by Gasteiger charge is -2.19. The fourth-order valence-corrected chi connectivity index (χ4v) is 2.89. The van der Waals surface area contributed by atoms with Gasteiger partial charge < -0.3 is 0 Å². The highest BCUT2D eigenvalue weighted by molar-refractivity contribution is 14.1. The summed E-state index contributed by atoms with van der Waals surface area (Å²) in [4.78, 5) is 0. The molecule has 1 saturated heterocycles. The second kappa shape index (κ2) is 4.79. The maximum Gasteiger partial charge on any atom is 0.0169 e. The van der Waals surface area contributed by atoms with Crippen molar-refractivity contribution in [2.45, 2.75) is 12.8 Å². The number of rotatable bonds is 2. The zero-order valence-corrected chi connectivity index (χ0v) is 8.37. The lowest BCUT2D eigenvalue weighted by Crippen LogP contribution is -2.19. The molecular weight excluding hydrogens is 245 g/mol. The Kier molecular flexibility index (Phi) is 4.34. The minimum Gasteiger partial charge on any atom is -0.261 e. The molecule has 0 unspecified atom stereocenters. The first-order valence-corrected chi connectivity index (χ1v) is 5.58. The molecule has 0 bridgehead atoms. The first-order chi connectivity index (χ1) is 4.43. The van der Waals surface area contributed by atoms with E-state index in [-0.39, 0.29) is 0 Å². The summed E-state index contributed by atoms with van der Waals surface area (Å²) in [5.74, 6) is 3.72. The predicted molar refractivity (Wildman–Crippen MR) is 52.1 cm³/mol. The summed E-state index contributed by atoms with van der Waals surface area (Å²) >= 11 is 4.33. The average molecular weight is 257 g/mol. The quantitative estimate of drug-likeness (QED) is 0.600. The van der Waals surface area contributed by atoms with Gasteiger partial charge in [-0.25, -0.2) is 0 Å². The van der Waals surface area contributed by atoms with Crippen LogP contribution in [0, 0.1) is 5.92 Å². The molecule has 0 aliphatic carbocycles. The van der Waals surface area contributed by atoms with Gasteiger partial charge in [-0.2, -0.15) is 11.8 Å². The Bertz CT molecular complexity index is 70.7. The van der Waals surface area contributed by atoms with Crippen LogP contribution >= 0.6 is 34.6 Å². The molecule has 0 saturated carbocycles. The van der Waals surface area contributed by atoms with E-state index in [0.717, 1.165) is 5.92 Å². The molecule has 0 spiro atoms. The van der Waals surface area contributed by atoms with Gasteiger partial charge in [0.15, 0.2) is 0 Å². The van der Waals surface area contributed by atoms with Gasteiger partial charge in [-0.1, -0.05) is 0 Å². The van der Waals surface area contributed by atoms with E-state index in [2.05, 4.69) is 38.2 Å². The molecule has 0 aromatic carbocycles. The lowest BCUT2D eigenvalue weighted by molar-refractivity contribution is 0.494. The minimum atomic E-state index is 0.961. The van der Waals surface area contributed by atoms with E-state index < -0.39 is 0 Å². The van der Waals surface area contributed by atoms with Crippen molar-refractivity contribution in [3.05, 3.63) is 0 Å². The fourth-order valence-electron chi connectivity index (χ4n) is 1.06. The van der Waals surface area contributed by atoms with E-state index in [9.17, 15) is 0 Å². The highest BCUT2D eigenvalue weighted by atomic mass is 127. The summed E-state index contributed by atoms with van der Waals surface area (Å²) in [7, 11) is 0. The van der Waals surface area contributed by atoms with Crippen LogP contribution in [0.2, 0.25) is 0 Å². The number of thioether (sulfide) groups is 1. The van der Waals surface area contributed by atoms with Crippen LogP contribution in [0.5, 0.6) is 0 Å². The van der Waals surface area contributed by atoms with Crippen molar-refractivity contribution in [3.8, 4) is 0 Å². The van der Waals surface area contributed by atoms with Gasteiger partial charge in [0.2, 0.25) is 0 Å². The van der Waals surface area contributed by atoms with Crippen molar-refractivity contribution in [2.24, 2.45) is 5.92 Å². The van der Waals surface area contributed by atoms with Crippen molar-refractivity contribution >= 4 is 34.6 Å². The normalized spacial score (nSPS) is 22.3. The first kappa shape index (κ1) is 8.14. The fraction of sp³-hybridized carbons (Fsp3) is 1.00.